The van der Waals surface area contributed by atoms with E-state index in [-0.39, 0.29) is 5.82 Å². The highest BCUT2D eigenvalue weighted by Gasteiger charge is 2.29. The number of carbonyl (C=O) groups is 1. The highest BCUT2D eigenvalue weighted by Crippen LogP contribution is 2.15. The molecule has 0 radical (unpaired) electrons. The van der Waals surface area contributed by atoms with Gasteiger partial charge in [-0.2, -0.15) is 17.0 Å². The number of hydrogen-bond donors (Lipinski definition) is 1. The number of aromatic carboxylic acids is 1. The van der Waals surface area contributed by atoms with E-state index in [0.717, 1.165) is 0 Å². The van der Waals surface area contributed by atoms with E-state index in [9.17, 15) is 13.2 Å². The number of aromatic nitrogens is 2. The minimum Gasteiger partial charge on any atom is -0.475 e. The highest BCUT2D eigenvalue weighted by molar-refractivity contribution is 7.86. The van der Waals surface area contributed by atoms with Crippen LogP contribution >= 0.6 is 0 Å². The Morgan fingerprint density at radius 3 is 2.43 bits per heavy atom. The van der Waals surface area contributed by atoms with Crippen LogP contribution in [0.4, 0.5) is 5.82 Å². The summed E-state index contributed by atoms with van der Waals surface area (Å²) in [5, 5.41) is 8.88. The molecule has 0 saturated carbocycles. The molecule has 0 aliphatic carbocycles. The van der Waals surface area contributed by atoms with Crippen molar-refractivity contribution >= 4 is 22.0 Å². The molecule has 0 spiro atoms. The molecule has 21 heavy (non-hydrogen) atoms. The summed E-state index contributed by atoms with van der Waals surface area (Å²) < 4.78 is 26.6. The summed E-state index contributed by atoms with van der Waals surface area (Å²) in [6.45, 7) is 1.55. The Balaban J connectivity index is 2.08. The molecule has 116 valence electrons. The lowest BCUT2D eigenvalue weighted by Crippen LogP contribution is -2.52. The van der Waals surface area contributed by atoms with Crippen molar-refractivity contribution in [3.05, 3.63) is 18.1 Å². The normalized spacial score (nSPS) is 17.2. The van der Waals surface area contributed by atoms with Gasteiger partial charge in [-0.3, -0.25) is 0 Å². The fraction of sp³-hybridized carbons (Fsp3) is 0.545. The highest BCUT2D eigenvalue weighted by atomic mass is 32.2. The second kappa shape index (κ2) is 5.92. The van der Waals surface area contributed by atoms with Crippen molar-refractivity contribution in [2.24, 2.45) is 0 Å². The van der Waals surface area contributed by atoms with Gasteiger partial charge in [0, 0.05) is 46.5 Å². The fourth-order valence-electron chi connectivity index (χ4n) is 2.01. The Kier molecular flexibility index (Phi) is 4.40. The van der Waals surface area contributed by atoms with Crippen molar-refractivity contribution < 1.29 is 18.3 Å². The molecule has 1 aliphatic rings. The lowest BCUT2D eigenvalue weighted by molar-refractivity contribution is 0.0683. The molecule has 1 saturated heterocycles. The van der Waals surface area contributed by atoms with Gasteiger partial charge in [0.25, 0.3) is 10.2 Å². The summed E-state index contributed by atoms with van der Waals surface area (Å²) in [6.07, 6.45) is 1.38. The standard InChI is InChI=1S/C11H17N5O4S/c1-14(2)21(19,20)16-7-5-15(6-8-16)9-3-4-12-10(13-9)11(17)18/h3-4H,5-8H2,1-2H3,(H,17,18). The van der Waals surface area contributed by atoms with Crippen LogP contribution in [0.3, 0.4) is 0 Å². The van der Waals surface area contributed by atoms with Crippen LogP contribution in [0.1, 0.15) is 10.6 Å². The zero-order valence-corrected chi connectivity index (χ0v) is 12.6. The van der Waals surface area contributed by atoms with Crippen LogP contribution < -0.4 is 4.90 Å². The van der Waals surface area contributed by atoms with E-state index in [2.05, 4.69) is 9.97 Å². The van der Waals surface area contributed by atoms with Gasteiger partial charge in [0.05, 0.1) is 0 Å². The predicted molar refractivity (Wildman–Crippen MR) is 75.4 cm³/mol. The summed E-state index contributed by atoms with van der Waals surface area (Å²) in [6, 6.07) is 1.61. The SMILES string of the molecule is CN(C)S(=O)(=O)N1CCN(c2ccnc(C(=O)O)n2)CC1. The summed E-state index contributed by atoms with van der Waals surface area (Å²) in [4.78, 5) is 20.3. The van der Waals surface area contributed by atoms with Crippen LogP contribution in [0.5, 0.6) is 0 Å². The molecular weight excluding hydrogens is 298 g/mol. The van der Waals surface area contributed by atoms with E-state index in [0.29, 0.717) is 32.0 Å². The number of carboxylic acids is 1. The molecule has 0 atom stereocenters. The van der Waals surface area contributed by atoms with Crippen LogP contribution in [0.2, 0.25) is 0 Å². The van der Waals surface area contributed by atoms with Crippen molar-refractivity contribution in [2.75, 3.05) is 45.2 Å². The molecule has 0 amide bonds. The van der Waals surface area contributed by atoms with Gasteiger partial charge in [-0.05, 0) is 6.07 Å². The van der Waals surface area contributed by atoms with E-state index in [1.54, 1.807) is 6.07 Å². The Morgan fingerprint density at radius 2 is 1.90 bits per heavy atom. The van der Waals surface area contributed by atoms with Crippen LogP contribution in [0, 0.1) is 0 Å². The zero-order chi connectivity index (χ0) is 15.6. The largest absolute Gasteiger partial charge is 0.475 e. The third kappa shape index (κ3) is 3.28. The quantitative estimate of drug-likeness (QED) is 0.767. The monoisotopic (exact) mass is 315 g/mol. The number of nitrogens with zero attached hydrogens (tertiary/aromatic N) is 5. The van der Waals surface area contributed by atoms with E-state index >= 15 is 0 Å². The maximum Gasteiger partial charge on any atom is 0.374 e. The Labute approximate surface area is 123 Å². The van der Waals surface area contributed by atoms with Gasteiger partial charge in [0.1, 0.15) is 5.82 Å². The maximum atomic E-state index is 12.0. The third-order valence-electron chi connectivity index (χ3n) is 3.18. The van der Waals surface area contributed by atoms with E-state index in [1.807, 2.05) is 4.90 Å². The predicted octanol–water partition coefficient (Wildman–Crippen LogP) is -0.897. The molecule has 1 fully saturated rings. The molecule has 0 unspecified atom stereocenters. The molecule has 2 heterocycles. The van der Waals surface area contributed by atoms with Crippen molar-refractivity contribution in [2.45, 2.75) is 0 Å². The van der Waals surface area contributed by atoms with Crippen molar-refractivity contribution in [1.29, 1.82) is 0 Å². The van der Waals surface area contributed by atoms with Crippen molar-refractivity contribution in [1.82, 2.24) is 18.6 Å². The first-order valence-corrected chi connectivity index (χ1v) is 7.71. The summed E-state index contributed by atoms with van der Waals surface area (Å²) in [5.41, 5.74) is 0. The van der Waals surface area contributed by atoms with Gasteiger partial charge < -0.3 is 10.0 Å². The van der Waals surface area contributed by atoms with Crippen LogP contribution in [0.25, 0.3) is 0 Å². The molecule has 2 rings (SSSR count). The topological polar surface area (TPSA) is 107 Å². The second-order valence-corrected chi connectivity index (χ2v) is 6.86. The zero-order valence-electron chi connectivity index (χ0n) is 11.8. The summed E-state index contributed by atoms with van der Waals surface area (Å²) in [5.74, 6) is -0.967. The van der Waals surface area contributed by atoms with E-state index in [1.165, 1.54) is 28.9 Å². The van der Waals surface area contributed by atoms with Gasteiger partial charge in [-0.15, -0.1) is 0 Å². The average Bonchev–Trinajstić information content (AvgIpc) is 2.47. The average molecular weight is 315 g/mol. The summed E-state index contributed by atoms with van der Waals surface area (Å²) >= 11 is 0. The lowest BCUT2D eigenvalue weighted by Gasteiger charge is -2.35. The summed E-state index contributed by atoms with van der Waals surface area (Å²) in [7, 11) is -0.431. The molecule has 0 bridgehead atoms. The van der Waals surface area contributed by atoms with Gasteiger partial charge in [0.2, 0.25) is 5.82 Å². The Morgan fingerprint density at radius 1 is 1.29 bits per heavy atom. The molecule has 10 heteroatoms. The maximum absolute atomic E-state index is 12.0. The van der Waals surface area contributed by atoms with Crippen molar-refractivity contribution in [3.8, 4) is 0 Å². The van der Waals surface area contributed by atoms with E-state index < -0.39 is 16.2 Å². The van der Waals surface area contributed by atoms with Crippen molar-refractivity contribution in [3.63, 3.8) is 0 Å². The molecule has 1 aromatic heterocycles. The first-order chi connectivity index (χ1) is 9.82. The molecule has 0 aromatic carbocycles. The van der Waals surface area contributed by atoms with Gasteiger partial charge in [0.15, 0.2) is 0 Å². The third-order valence-corrected chi connectivity index (χ3v) is 5.12. The first-order valence-electron chi connectivity index (χ1n) is 6.31. The van der Waals surface area contributed by atoms with Gasteiger partial charge >= 0.3 is 5.97 Å². The Bertz CT molecular complexity index is 625. The minimum atomic E-state index is -3.41. The Hall–Kier alpha value is -1.78. The lowest BCUT2D eigenvalue weighted by atomic mass is 10.3. The number of piperazine rings is 1. The van der Waals surface area contributed by atoms with Gasteiger partial charge in [-0.25, -0.2) is 14.8 Å². The van der Waals surface area contributed by atoms with Crippen LogP contribution in [0.15, 0.2) is 12.3 Å². The minimum absolute atomic E-state index is 0.268. The molecule has 1 aromatic rings. The number of rotatable bonds is 4. The number of carboxylic acid groups (broad SMARTS) is 1. The molecule has 1 aliphatic heterocycles. The second-order valence-electron chi connectivity index (χ2n) is 4.72. The van der Waals surface area contributed by atoms with Crippen LogP contribution in [-0.4, -0.2) is 78.3 Å². The molecule has 9 nitrogen and oxygen atoms in total. The number of hydrogen-bond acceptors (Lipinski definition) is 6. The molecule has 1 N–H and O–H groups in total. The van der Waals surface area contributed by atoms with Crippen LogP contribution in [-0.2, 0) is 10.2 Å². The number of anilines is 1. The fourth-order valence-corrected chi connectivity index (χ4v) is 3.09. The molecular formula is C11H17N5O4S. The van der Waals surface area contributed by atoms with Gasteiger partial charge in [-0.1, -0.05) is 0 Å². The smallest absolute Gasteiger partial charge is 0.374 e. The first kappa shape index (κ1) is 15.6. The van der Waals surface area contributed by atoms with E-state index in [4.69, 9.17) is 5.11 Å².